The molecular formula is C19H31IN4S. The standard InChI is InChI=1S/C19H30N4S.HI/c1-16-6-8-22(9-7-16)15-18-4-2-17(3-5-18)14-21-19(20)23-10-12-24-13-11-23;/h2-5,16H,6-15H2,1H3,(H2,20,21);1H. The Bertz CT molecular complexity index is 535. The summed E-state index contributed by atoms with van der Waals surface area (Å²) >= 11 is 1.99. The SMILES string of the molecule is CC1CCN(Cc2ccc(CN=C(N)N3CCSCC3)cc2)CC1.I. The van der Waals surface area contributed by atoms with Crippen molar-refractivity contribution in [3.05, 3.63) is 35.4 Å². The molecule has 0 atom stereocenters. The molecule has 2 fully saturated rings. The van der Waals surface area contributed by atoms with Gasteiger partial charge < -0.3 is 10.6 Å². The number of nitrogens with two attached hydrogens (primary N) is 1. The maximum Gasteiger partial charge on any atom is 0.191 e. The zero-order chi connectivity index (χ0) is 16.8. The second-order valence-electron chi connectivity index (χ2n) is 7.05. The second-order valence-corrected chi connectivity index (χ2v) is 8.27. The Morgan fingerprint density at radius 1 is 1.08 bits per heavy atom. The molecule has 0 aromatic heterocycles. The molecule has 2 N–H and O–H groups in total. The number of benzene rings is 1. The number of piperidine rings is 1. The van der Waals surface area contributed by atoms with Crippen molar-refractivity contribution in [3.63, 3.8) is 0 Å². The van der Waals surface area contributed by atoms with Crippen molar-refractivity contribution in [2.75, 3.05) is 37.7 Å². The van der Waals surface area contributed by atoms with E-state index in [-0.39, 0.29) is 24.0 Å². The number of aliphatic imine (C=N–C) groups is 1. The minimum absolute atomic E-state index is 0. The topological polar surface area (TPSA) is 44.9 Å². The molecule has 2 aliphatic rings. The lowest BCUT2D eigenvalue weighted by molar-refractivity contribution is 0.185. The number of rotatable bonds is 4. The van der Waals surface area contributed by atoms with Crippen LogP contribution < -0.4 is 5.73 Å². The fourth-order valence-electron chi connectivity index (χ4n) is 3.29. The maximum absolute atomic E-state index is 6.12. The smallest absolute Gasteiger partial charge is 0.191 e. The van der Waals surface area contributed by atoms with Crippen molar-refractivity contribution in [1.82, 2.24) is 9.80 Å². The summed E-state index contributed by atoms with van der Waals surface area (Å²) in [4.78, 5) is 9.34. The number of nitrogens with zero attached hydrogens (tertiary/aromatic N) is 3. The summed E-state index contributed by atoms with van der Waals surface area (Å²) in [5.41, 5.74) is 8.76. The van der Waals surface area contributed by atoms with Gasteiger partial charge in [-0.2, -0.15) is 11.8 Å². The monoisotopic (exact) mass is 474 g/mol. The van der Waals surface area contributed by atoms with E-state index >= 15 is 0 Å². The van der Waals surface area contributed by atoms with Gasteiger partial charge in [0.1, 0.15) is 0 Å². The van der Waals surface area contributed by atoms with Gasteiger partial charge in [0, 0.05) is 31.1 Å². The Morgan fingerprint density at radius 3 is 2.32 bits per heavy atom. The molecule has 140 valence electrons. The van der Waals surface area contributed by atoms with Gasteiger partial charge in [0.25, 0.3) is 0 Å². The van der Waals surface area contributed by atoms with Gasteiger partial charge in [0.05, 0.1) is 6.54 Å². The Labute approximate surface area is 173 Å². The van der Waals surface area contributed by atoms with Crippen LogP contribution in [0.2, 0.25) is 0 Å². The lowest BCUT2D eigenvalue weighted by Crippen LogP contribution is -2.42. The summed E-state index contributed by atoms with van der Waals surface area (Å²) in [6.45, 7) is 8.62. The van der Waals surface area contributed by atoms with Gasteiger partial charge in [-0.3, -0.25) is 4.90 Å². The fraction of sp³-hybridized carbons (Fsp3) is 0.632. The minimum atomic E-state index is 0. The third-order valence-electron chi connectivity index (χ3n) is 5.06. The molecule has 0 spiro atoms. The molecule has 0 radical (unpaired) electrons. The Balaban J connectivity index is 0.00000225. The molecule has 3 rings (SSSR count). The van der Waals surface area contributed by atoms with Crippen molar-refractivity contribution >= 4 is 41.7 Å². The minimum Gasteiger partial charge on any atom is -0.370 e. The molecule has 2 saturated heterocycles. The molecule has 25 heavy (non-hydrogen) atoms. The molecule has 2 heterocycles. The summed E-state index contributed by atoms with van der Waals surface area (Å²) in [7, 11) is 0. The summed E-state index contributed by atoms with van der Waals surface area (Å²) < 4.78 is 0. The molecular weight excluding hydrogens is 443 g/mol. The van der Waals surface area contributed by atoms with Gasteiger partial charge in [-0.25, -0.2) is 4.99 Å². The van der Waals surface area contributed by atoms with E-state index < -0.39 is 0 Å². The lowest BCUT2D eigenvalue weighted by atomic mass is 9.99. The van der Waals surface area contributed by atoms with Crippen LogP contribution in [0.3, 0.4) is 0 Å². The van der Waals surface area contributed by atoms with Crippen LogP contribution >= 0.6 is 35.7 Å². The van der Waals surface area contributed by atoms with Gasteiger partial charge >= 0.3 is 0 Å². The average Bonchev–Trinajstić information content (AvgIpc) is 2.63. The molecule has 2 aliphatic heterocycles. The quantitative estimate of drug-likeness (QED) is 0.413. The van der Waals surface area contributed by atoms with E-state index in [4.69, 9.17) is 5.73 Å². The summed E-state index contributed by atoms with van der Waals surface area (Å²) in [6.07, 6.45) is 2.67. The van der Waals surface area contributed by atoms with Crippen LogP contribution in [0.1, 0.15) is 30.9 Å². The zero-order valence-corrected chi connectivity index (χ0v) is 18.3. The molecule has 6 heteroatoms. The number of halogens is 1. The number of guanidine groups is 1. The largest absolute Gasteiger partial charge is 0.370 e. The van der Waals surface area contributed by atoms with E-state index in [1.165, 1.54) is 37.1 Å². The Kier molecular flexibility index (Phi) is 8.85. The molecule has 0 aliphatic carbocycles. The first-order valence-electron chi connectivity index (χ1n) is 9.13. The lowest BCUT2D eigenvalue weighted by Gasteiger charge is -2.30. The molecule has 0 amide bonds. The van der Waals surface area contributed by atoms with E-state index in [1.54, 1.807) is 0 Å². The highest BCUT2D eigenvalue weighted by molar-refractivity contribution is 14.0. The van der Waals surface area contributed by atoms with Crippen LogP contribution in [-0.4, -0.2) is 53.4 Å². The van der Waals surface area contributed by atoms with Crippen molar-refractivity contribution in [3.8, 4) is 0 Å². The summed E-state index contributed by atoms with van der Waals surface area (Å²) in [5.74, 6) is 3.90. The van der Waals surface area contributed by atoms with E-state index in [9.17, 15) is 0 Å². The molecule has 1 aromatic carbocycles. The normalized spacial score (nSPS) is 20.4. The van der Waals surface area contributed by atoms with E-state index in [1.807, 2.05) is 11.8 Å². The van der Waals surface area contributed by atoms with Gasteiger partial charge in [0.2, 0.25) is 0 Å². The van der Waals surface area contributed by atoms with Crippen LogP contribution in [-0.2, 0) is 13.1 Å². The molecule has 0 unspecified atom stereocenters. The van der Waals surface area contributed by atoms with Gasteiger partial charge in [-0.05, 0) is 43.0 Å². The van der Waals surface area contributed by atoms with Crippen LogP contribution in [0.4, 0.5) is 0 Å². The first-order valence-corrected chi connectivity index (χ1v) is 10.3. The Morgan fingerprint density at radius 2 is 1.68 bits per heavy atom. The Hall–Kier alpha value is -0.470. The maximum atomic E-state index is 6.12. The second kappa shape index (κ2) is 10.6. The van der Waals surface area contributed by atoms with E-state index in [0.29, 0.717) is 12.5 Å². The summed E-state index contributed by atoms with van der Waals surface area (Å²) in [5, 5.41) is 0. The number of thioether (sulfide) groups is 1. The number of likely N-dealkylation sites (tertiary alicyclic amines) is 1. The predicted octanol–water partition coefficient (Wildman–Crippen LogP) is 3.40. The summed E-state index contributed by atoms with van der Waals surface area (Å²) in [6, 6.07) is 8.89. The zero-order valence-electron chi connectivity index (χ0n) is 15.2. The highest BCUT2D eigenvalue weighted by Crippen LogP contribution is 2.18. The first-order chi connectivity index (χ1) is 11.7. The van der Waals surface area contributed by atoms with Crippen molar-refractivity contribution in [1.29, 1.82) is 0 Å². The highest BCUT2D eigenvalue weighted by Gasteiger charge is 2.15. The van der Waals surface area contributed by atoms with E-state index in [2.05, 4.69) is 46.0 Å². The third-order valence-corrected chi connectivity index (χ3v) is 6.01. The van der Waals surface area contributed by atoms with Gasteiger partial charge in [0.15, 0.2) is 5.96 Å². The third kappa shape index (κ3) is 6.64. The van der Waals surface area contributed by atoms with Crippen molar-refractivity contribution < 1.29 is 0 Å². The average molecular weight is 474 g/mol. The highest BCUT2D eigenvalue weighted by atomic mass is 127. The van der Waals surface area contributed by atoms with Crippen LogP contribution in [0.5, 0.6) is 0 Å². The number of hydrogen-bond donors (Lipinski definition) is 1. The molecule has 1 aromatic rings. The van der Waals surface area contributed by atoms with Crippen LogP contribution in [0.25, 0.3) is 0 Å². The van der Waals surface area contributed by atoms with Gasteiger partial charge in [-0.1, -0.05) is 31.2 Å². The molecule has 0 bridgehead atoms. The molecule has 4 nitrogen and oxygen atoms in total. The predicted molar refractivity (Wildman–Crippen MR) is 120 cm³/mol. The van der Waals surface area contributed by atoms with Crippen molar-refractivity contribution in [2.45, 2.75) is 32.9 Å². The van der Waals surface area contributed by atoms with Crippen molar-refractivity contribution in [2.24, 2.45) is 16.6 Å². The van der Waals surface area contributed by atoms with Gasteiger partial charge in [-0.15, -0.1) is 24.0 Å². The fourth-order valence-corrected chi connectivity index (χ4v) is 4.20. The van der Waals surface area contributed by atoms with E-state index in [0.717, 1.165) is 37.1 Å². The number of hydrogen-bond acceptors (Lipinski definition) is 3. The first kappa shape index (κ1) is 20.8. The molecule has 0 saturated carbocycles. The van der Waals surface area contributed by atoms with Crippen LogP contribution in [0.15, 0.2) is 29.3 Å². The van der Waals surface area contributed by atoms with Crippen LogP contribution in [0, 0.1) is 5.92 Å².